The van der Waals surface area contributed by atoms with Gasteiger partial charge < -0.3 is 9.30 Å². The van der Waals surface area contributed by atoms with Crippen molar-refractivity contribution < 1.29 is 4.74 Å². The maximum atomic E-state index is 12.5. The van der Waals surface area contributed by atoms with E-state index in [-0.39, 0.29) is 0 Å². The molecule has 24 heavy (non-hydrogen) atoms. The van der Waals surface area contributed by atoms with Gasteiger partial charge in [0.25, 0.3) is 0 Å². The largest absolute Gasteiger partial charge is 0.495 e. The second kappa shape index (κ2) is 7.26. The quantitative estimate of drug-likeness (QED) is 0.797. The van der Waals surface area contributed by atoms with Crippen molar-refractivity contribution in [3.05, 3.63) is 56.3 Å². The van der Waals surface area contributed by atoms with Crippen molar-refractivity contribution in [3.8, 4) is 11.4 Å². The van der Waals surface area contributed by atoms with Gasteiger partial charge in [-0.25, -0.2) is 0 Å². The minimum absolute atomic E-state index is 0.397. The molecule has 1 heterocycles. The molecule has 6 heteroatoms. The van der Waals surface area contributed by atoms with Gasteiger partial charge in [-0.1, -0.05) is 30.9 Å². The molecule has 1 fully saturated rings. The molecule has 1 aromatic heterocycles. The maximum Gasteiger partial charge on any atom is 0.320 e. The molecule has 3 rings (SSSR count). The highest BCUT2D eigenvalue weighted by Gasteiger charge is 2.16. The minimum Gasteiger partial charge on any atom is -0.495 e. The number of halogens is 1. The Hall–Kier alpha value is -2.01. The summed E-state index contributed by atoms with van der Waals surface area (Å²) >= 11 is 6.11. The van der Waals surface area contributed by atoms with E-state index in [1.807, 2.05) is 0 Å². The van der Waals surface area contributed by atoms with Gasteiger partial charge in [0.1, 0.15) is 5.75 Å². The molecule has 128 valence electrons. The molecule has 0 N–H and O–H groups in total. The van der Waals surface area contributed by atoms with Crippen LogP contribution in [0.1, 0.15) is 32.1 Å². The fraction of sp³-hybridized carbons (Fsp3) is 0.444. The summed E-state index contributed by atoms with van der Waals surface area (Å²) in [7, 11) is 1.53. The predicted octanol–water partition coefficient (Wildman–Crippen LogP) is 3.24. The summed E-state index contributed by atoms with van der Waals surface area (Å²) in [6, 6.07) is 5.00. The molecule has 0 spiro atoms. The van der Waals surface area contributed by atoms with Gasteiger partial charge in [0.15, 0.2) is 0 Å². The normalized spacial score (nSPS) is 15.4. The Balaban J connectivity index is 1.91. The number of rotatable bonds is 4. The minimum atomic E-state index is -0.561. The van der Waals surface area contributed by atoms with Crippen LogP contribution in [0.15, 0.2) is 40.2 Å². The molecule has 1 aliphatic carbocycles. The Morgan fingerprint density at radius 2 is 1.88 bits per heavy atom. The number of benzene rings is 1. The van der Waals surface area contributed by atoms with Gasteiger partial charge >= 0.3 is 11.1 Å². The van der Waals surface area contributed by atoms with Gasteiger partial charge in [-0.05, 0) is 37.0 Å². The first-order valence-corrected chi connectivity index (χ1v) is 8.64. The lowest BCUT2D eigenvalue weighted by molar-refractivity contribution is 0.315. The molecule has 0 saturated heterocycles. The predicted molar refractivity (Wildman–Crippen MR) is 94.4 cm³/mol. The van der Waals surface area contributed by atoms with Crippen LogP contribution in [0.5, 0.6) is 5.75 Å². The van der Waals surface area contributed by atoms with Gasteiger partial charge in [0, 0.05) is 18.9 Å². The molecule has 1 aliphatic rings. The third kappa shape index (κ3) is 3.41. The molecule has 2 aromatic rings. The summed E-state index contributed by atoms with van der Waals surface area (Å²) in [6.45, 7) is 0.623. The fourth-order valence-corrected chi connectivity index (χ4v) is 3.56. The zero-order chi connectivity index (χ0) is 17.1. The molecule has 0 bridgehead atoms. The van der Waals surface area contributed by atoms with Crippen molar-refractivity contribution in [1.82, 2.24) is 9.13 Å². The van der Waals surface area contributed by atoms with Gasteiger partial charge in [0.05, 0.1) is 17.8 Å². The highest BCUT2D eigenvalue weighted by Crippen LogP contribution is 2.26. The van der Waals surface area contributed by atoms with Crippen LogP contribution in [-0.4, -0.2) is 16.2 Å². The standard InChI is InChI=1S/C18H21ClN2O3/c1-24-16-8-7-14(11-15(16)19)21-10-9-20(17(22)18(21)23)12-13-5-3-2-4-6-13/h7-11,13H,2-6,12H2,1H3. The smallest absolute Gasteiger partial charge is 0.320 e. The SMILES string of the molecule is COc1ccc(-n2ccn(CC3CCCCC3)c(=O)c2=O)cc1Cl. The van der Waals surface area contributed by atoms with E-state index in [0.29, 0.717) is 28.9 Å². The highest BCUT2D eigenvalue weighted by molar-refractivity contribution is 6.32. The molecule has 0 radical (unpaired) electrons. The summed E-state index contributed by atoms with van der Waals surface area (Å²) in [5.41, 5.74) is -0.503. The van der Waals surface area contributed by atoms with E-state index in [9.17, 15) is 9.59 Å². The average Bonchev–Trinajstić information content (AvgIpc) is 2.60. The topological polar surface area (TPSA) is 53.2 Å². The van der Waals surface area contributed by atoms with E-state index >= 15 is 0 Å². The zero-order valence-electron chi connectivity index (χ0n) is 13.7. The van der Waals surface area contributed by atoms with E-state index in [1.165, 1.54) is 30.9 Å². The number of hydrogen-bond acceptors (Lipinski definition) is 3. The van der Waals surface area contributed by atoms with Crippen molar-refractivity contribution in [2.45, 2.75) is 38.6 Å². The molecule has 0 unspecified atom stereocenters. The molecule has 0 aliphatic heterocycles. The van der Waals surface area contributed by atoms with Crippen LogP contribution in [-0.2, 0) is 6.54 Å². The average molecular weight is 349 g/mol. The van der Waals surface area contributed by atoms with Crippen molar-refractivity contribution in [1.29, 1.82) is 0 Å². The van der Waals surface area contributed by atoms with E-state index in [1.54, 1.807) is 35.2 Å². The Morgan fingerprint density at radius 3 is 2.54 bits per heavy atom. The first-order chi connectivity index (χ1) is 11.6. The summed E-state index contributed by atoms with van der Waals surface area (Å²) in [6.07, 6.45) is 9.27. The number of ether oxygens (including phenoxy) is 1. The summed E-state index contributed by atoms with van der Waals surface area (Å²) in [5.74, 6) is 1.02. The Labute approximate surface area is 145 Å². The monoisotopic (exact) mass is 348 g/mol. The van der Waals surface area contributed by atoms with Gasteiger partial charge in [-0.3, -0.25) is 14.2 Å². The number of aromatic nitrogens is 2. The Morgan fingerprint density at radius 1 is 1.12 bits per heavy atom. The Kier molecular flexibility index (Phi) is 5.09. The van der Waals surface area contributed by atoms with Gasteiger partial charge in [-0.15, -0.1) is 0 Å². The molecule has 0 amide bonds. The lowest BCUT2D eigenvalue weighted by atomic mass is 9.89. The van der Waals surface area contributed by atoms with Crippen LogP contribution < -0.4 is 15.9 Å². The molecular weight excluding hydrogens is 328 g/mol. The second-order valence-electron chi connectivity index (χ2n) is 6.25. The summed E-state index contributed by atoms with van der Waals surface area (Å²) in [4.78, 5) is 24.9. The summed E-state index contributed by atoms with van der Waals surface area (Å²) < 4.78 is 7.97. The zero-order valence-corrected chi connectivity index (χ0v) is 14.5. The molecule has 1 aromatic carbocycles. The van der Waals surface area contributed by atoms with Gasteiger partial charge in [-0.2, -0.15) is 0 Å². The second-order valence-corrected chi connectivity index (χ2v) is 6.66. The Bertz CT molecular complexity index is 835. The van der Waals surface area contributed by atoms with Crippen LogP contribution in [0, 0.1) is 5.92 Å². The van der Waals surface area contributed by atoms with Crippen LogP contribution in [0.3, 0.4) is 0 Å². The van der Waals surface area contributed by atoms with E-state index in [4.69, 9.17) is 16.3 Å². The fourth-order valence-electron chi connectivity index (χ4n) is 3.31. The third-order valence-electron chi connectivity index (χ3n) is 4.65. The van der Waals surface area contributed by atoms with Crippen molar-refractivity contribution in [2.75, 3.05) is 7.11 Å². The van der Waals surface area contributed by atoms with E-state index in [2.05, 4.69) is 0 Å². The molecule has 0 atom stereocenters. The lowest BCUT2D eigenvalue weighted by Gasteiger charge is -2.22. The lowest BCUT2D eigenvalue weighted by Crippen LogP contribution is -2.41. The van der Waals surface area contributed by atoms with Crippen molar-refractivity contribution >= 4 is 11.6 Å². The van der Waals surface area contributed by atoms with E-state index < -0.39 is 11.1 Å². The first-order valence-electron chi connectivity index (χ1n) is 8.26. The van der Waals surface area contributed by atoms with Crippen LogP contribution in [0.4, 0.5) is 0 Å². The molecule has 5 nitrogen and oxygen atoms in total. The number of hydrogen-bond donors (Lipinski definition) is 0. The van der Waals surface area contributed by atoms with E-state index in [0.717, 1.165) is 12.8 Å². The first kappa shape index (κ1) is 16.8. The molecule has 1 saturated carbocycles. The highest BCUT2D eigenvalue weighted by atomic mass is 35.5. The number of nitrogens with zero attached hydrogens (tertiary/aromatic N) is 2. The van der Waals surface area contributed by atoms with Crippen molar-refractivity contribution in [3.63, 3.8) is 0 Å². The third-order valence-corrected chi connectivity index (χ3v) is 4.95. The van der Waals surface area contributed by atoms with Crippen molar-refractivity contribution in [2.24, 2.45) is 5.92 Å². The van der Waals surface area contributed by atoms with Gasteiger partial charge in [0.2, 0.25) is 0 Å². The van der Waals surface area contributed by atoms with Crippen LogP contribution in [0.25, 0.3) is 5.69 Å². The molecular formula is C18H21ClN2O3. The maximum absolute atomic E-state index is 12.5. The number of methoxy groups -OCH3 is 1. The summed E-state index contributed by atoms with van der Waals surface area (Å²) in [5, 5.41) is 0.397. The van der Waals surface area contributed by atoms with Crippen LogP contribution >= 0.6 is 11.6 Å². The van der Waals surface area contributed by atoms with Crippen LogP contribution in [0.2, 0.25) is 5.02 Å².